The van der Waals surface area contributed by atoms with Crippen LogP contribution in [0.25, 0.3) is 0 Å². The van der Waals surface area contributed by atoms with Gasteiger partial charge >= 0.3 is 0 Å². The summed E-state index contributed by atoms with van der Waals surface area (Å²) in [7, 11) is 0. The van der Waals surface area contributed by atoms with Crippen molar-refractivity contribution in [1.29, 1.82) is 0 Å². The molecule has 0 atom stereocenters. The Bertz CT molecular complexity index is 703. The van der Waals surface area contributed by atoms with Crippen molar-refractivity contribution < 1.29 is 9.18 Å². The quantitative estimate of drug-likeness (QED) is 0.877. The summed E-state index contributed by atoms with van der Waals surface area (Å²) >= 11 is 5.69. The van der Waals surface area contributed by atoms with Crippen LogP contribution in [0.5, 0.6) is 0 Å². The van der Waals surface area contributed by atoms with Crippen molar-refractivity contribution in [2.75, 3.05) is 17.2 Å². The number of rotatable bonds is 2. The van der Waals surface area contributed by atoms with Crippen molar-refractivity contribution in [3.63, 3.8) is 0 Å². The van der Waals surface area contributed by atoms with Crippen molar-refractivity contribution in [3.05, 3.63) is 58.4 Å². The summed E-state index contributed by atoms with van der Waals surface area (Å²) < 4.78 is 13.8. The molecule has 0 radical (unpaired) electrons. The molecule has 21 heavy (non-hydrogen) atoms. The van der Waals surface area contributed by atoms with E-state index in [9.17, 15) is 9.18 Å². The second-order valence-electron chi connectivity index (χ2n) is 4.96. The molecule has 0 aliphatic carbocycles. The fraction of sp³-hybridized carbons (Fsp3) is 0.188. The molecular formula is C16H14ClFN2O. The molecule has 1 aliphatic rings. The molecule has 2 N–H and O–H groups in total. The lowest BCUT2D eigenvalue weighted by molar-refractivity contribution is 0.102. The van der Waals surface area contributed by atoms with E-state index in [4.69, 9.17) is 11.6 Å². The topological polar surface area (TPSA) is 41.1 Å². The standard InChI is InChI=1S/C16H14ClFN2O/c17-13-5-1-4-12(15(13)18)16(21)20-11-7-6-10-3-2-8-19-14(10)9-11/h1,4-7,9,19H,2-3,8H2,(H,20,21). The van der Waals surface area contributed by atoms with Crippen molar-refractivity contribution in [2.45, 2.75) is 12.8 Å². The summed E-state index contributed by atoms with van der Waals surface area (Å²) in [6.45, 7) is 0.924. The number of nitrogens with one attached hydrogen (secondary N) is 2. The number of fused-ring (bicyclic) bond motifs is 1. The normalized spacial score (nSPS) is 13.2. The van der Waals surface area contributed by atoms with Gasteiger partial charge in [0, 0.05) is 17.9 Å². The van der Waals surface area contributed by atoms with Crippen LogP contribution >= 0.6 is 11.6 Å². The van der Waals surface area contributed by atoms with Gasteiger partial charge < -0.3 is 10.6 Å². The Morgan fingerprint density at radius 3 is 3.00 bits per heavy atom. The minimum absolute atomic E-state index is 0.0604. The van der Waals surface area contributed by atoms with Crippen LogP contribution in [0.4, 0.5) is 15.8 Å². The molecule has 0 unspecified atom stereocenters. The number of amides is 1. The van der Waals surface area contributed by atoms with Gasteiger partial charge in [0.15, 0.2) is 5.82 Å². The molecule has 1 aliphatic heterocycles. The van der Waals surface area contributed by atoms with Crippen LogP contribution < -0.4 is 10.6 Å². The van der Waals surface area contributed by atoms with E-state index in [-0.39, 0.29) is 10.6 Å². The van der Waals surface area contributed by atoms with Crippen LogP contribution in [0.15, 0.2) is 36.4 Å². The summed E-state index contributed by atoms with van der Waals surface area (Å²) in [6.07, 6.45) is 2.13. The summed E-state index contributed by atoms with van der Waals surface area (Å²) in [4.78, 5) is 12.1. The highest BCUT2D eigenvalue weighted by Gasteiger charge is 2.15. The molecule has 0 fully saturated rings. The van der Waals surface area contributed by atoms with Crippen LogP contribution in [0, 0.1) is 5.82 Å². The number of anilines is 2. The molecule has 3 rings (SSSR count). The number of benzene rings is 2. The Morgan fingerprint density at radius 2 is 2.14 bits per heavy atom. The van der Waals surface area contributed by atoms with Crippen molar-refractivity contribution in [2.24, 2.45) is 0 Å². The molecule has 0 bridgehead atoms. The molecule has 108 valence electrons. The first-order valence-electron chi connectivity index (χ1n) is 6.77. The maximum atomic E-state index is 13.8. The predicted molar refractivity (Wildman–Crippen MR) is 82.6 cm³/mol. The lowest BCUT2D eigenvalue weighted by Gasteiger charge is -2.19. The third-order valence-corrected chi connectivity index (χ3v) is 3.79. The van der Waals surface area contributed by atoms with Gasteiger partial charge in [-0.05, 0) is 42.7 Å². The maximum absolute atomic E-state index is 13.8. The Hall–Kier alpha value is -2.07. The molecule has 1 amide bonds. The molecule has 1 heterocycles. The molecule has 0 spiro atoms. The summed E-state index contributed by atoms with van der Waals surface area (Å²) in [5.74, 6) is -1.21. The van der Waals surface area contributed by atoms with E-state index in [0.717, 1.165) is 25.1 Å². The van der Waals surface area contributed by atoms with Gasteiger partial charge in [0.05, 0.1) is 10.6 Å². The SMILES string of the molecule is O=C(Nc1ccc2c(c1)NCCC2)c1cccc(Cl)c1F. The van der Waals surface area contributed by atoms with Crippen LogP contribution in [0.1, 0.15) is 22.3 Å². The molecule has 0 saturated carbocycles. The Morgan fingerprint density at radius 1 is 1.29 bits per heavy atom. The number of halogens is 2. The molecule has 2 aromatic rings. The number of aryl methyl sites for hydroxylation is 1. The van der Waals surface area contributed by atoms with Gasteiger partial charge in [0.1, 0.15) is 0 Å². The third kappa shape index (κ3) is 2.85. The minimum Gasteiger partial charge on any atom is -0.385 e. The third-order valence-electron chi connectivity index (χ3n) is 3.50. The molecule has 3 nitrogen and oxygen atoms in total. The average Bonchev–Trinajstić information content (AvgIpc) is 2.50. The highest BCUT2D eigenvalue weighted by atomic mass is 35.5. The largest absolute Gasteiger partial charge is 0.385 e. The number of carbonyl (C=O) groups is 1. The van der Waals surface area contributed by atoms with Crippen LogP contribution in [0.2, 0.25) is 5.02 Å². The first-order chi connectivity index (χ1) is 10.1. The molecule has 2 aromatic carbocycles. The van der Waals surface area contributed by atoms with Gasteiger partial charge in [-0.15, -0.1) is 0 Å². The second-order valence-corrected chi connectivity index (χ2v) is 5.36. The monoisotopic (exact) mass is 304 g/mol. The first-order valence-corrected chi connectivity index (χ1v) is 7.15. The van der Waals surface area contributed by atoms with Gasteiger partial charge in [-0.25, -0.2) is 4.39 Å². The Balaban J connectivity index is 1.83. The summed E-state index contributed by atoms with van der Waals surface area (Å²) in [5, 5.41) is 5.93. The molecule has 5 heteroatoms. The van der Waals surface area contributed by atoms with Gasteiger partial charge in [0.2, 0.25) is 0 Å². The zero-order valence-electron chi connectivity index (χ0n) is 11.2. The van der Waals surface area contributed by atoms with E-state index in [0.29, 0.717) is 5.69 Å². The fourth-order valence-corrected chi connectivity index (χ4v) is 2.59. The van der Waals surface area contributed by atoms with Crippen molar-refractivity contribution in [1.82, 2.24) is 0 Å². The van der Waals surface area contributed by atoms with E-state index >= 15 is 0 Å². The Kier molecular flexibility index (Phi) is 3.80. The van der Waals surface area contributed by atoms with Gasteiger partial charge in [-0.2, -0.15) is 0 Å². The lowest BCUT2D eigenvalue weighted by atomic mass is 10.0. The van der Waals surface area contributed by atoms with Gasteiger partial charge in [0.25, 0.3) is 5.91 Å². The Labute approximate surface area is 127 Å². The summed E-state index contributed by atoms with van der Waals surface area (Å²) in [6, 6.07) is 10.0. The zero-order chi connectivity index (χ0) is 14.8. The smallest absolute Gasteiger partial charge is 0.258 e. The van der Waals surface area contributed by atoms with E-state index in [2.05, 4.69) is 10.6 Å². The van der Waals surface area contributed by atoms with Crippen molar-refractivity contribution >= 4 is 28.9 Å². The lowest BCUT2D eigenvalue weighted by Crippen LogP contribution is -2.15. The number of hydrogen-bond donors (Lipinski definition) is 2. The van der Waals surface area contributed by atoms with E-state index in [1.54, 1.807) is 6.07 Å². The summed E-state index contributed by atoms with van der Waals surface area (Å²) in [5.41, 5.74) is 2.82. The molecule has 0 saturated heterocycles. The van der Waals surface area contributed by atoms with Gasteiger partial charge in [-0.3, -0.25) is 4.79 Å². The number of carbonyl (C=O) groups excluding carboxylic acids is 1. The van der Waals surface area contributed by atoms with Crippen molar-refractivity contribution in [3.8, 4) is 0 Å². The highest BCUT2D eigenvalue weighted by molar-refractivity contribution is 6.31. The number of hydrogen-bond acceptors (Lipinski definition) is 2. The van der Waals surface area contributed by atoms with Gasteiger partial charge in [-0.1, -0.05) is 23.7 Å². The fourth-order valence-electron chi connectivity index (χ4n) is 2.42. The highest BCUT2D eigenvalue weighted by Crippen LogP contribution is 2.26. The second kappa shape index (κ2) is 5.74. The van der Waals surface area contributed by atoms with E-state index in [1.165, 1.54) is 17.7 Å². The minimum atomic E-state index is -0.701. The van der Waals surface area contributed by atoms with E-state index in [1.807, 2.05) is 18.2 Å². The maximum Gasteiger partial charge on any atom is 0.258 e. The average molecular weight is 305 g/mol. The molecular weight excluding hydrogens is 291 g/mol. The zero-order valence-corrected chi connectivity index (χ0v) is 12.0. The molecule has 0 aromatic heterocycles. The van der Waals surface area contributed by atoms with Crippen LogP contribution in [-0.4, -0.2) is 12.5 Å². The first kappa shape index (κ1) is 13.9. The predicted octanol–water partition coefficient (Wildman–Crippen LogP) is 4.09. The van der Waals surface area contributed by atoms with Crippen LogP contribution in [0.3, 0.4) is 0 Å². The van der Waals surface area contributed by atoms with Crippen LogP contribution in [-0.2, 0) is 6.42 Å². The van der Waals surface area contributed by atoms with E-state index < -0.39 is 11.7 Å².